The summed E-state index contributed by atoms with van der Waals surface area (Å²) >= 11 is 0. The van der Waals surface area contributed by atoms with Crippen LogP contribution in [0.15, 0.2) is 0 Å². The first kappa shape index (κ1) is 18.6. The van der Waals surface area contributed by atoms with Gasteiger partial charge < -0.3 is 20.1 Å². The summed E-state index contributed by atoms with van der Waals surface area (Å²) in [5, 5.41) is 24.4. The lowest BCUT2D eigenvalue weighted by Gasteiger charge is -2.03. The molecular weight excluding hydrogens is 288 g/mol. The molecule has 9 nitrogen and oxygen atoms in total. The van der Waals surface area contributed by atoms with Crippen molar-refractivity contribution in [1.82, 2.24) is 0 Å². The van der Waals surface area contributed by atoms with Crippen molar-refractivity contribution in [3.8, 4) is 0 Å². The summed E-state index contributed by atoms with van der Waals surface area (Å²) in [7, 11) is 0. The number of rotatable bonds is 7. The Bertz CT molecular complexity index is 426. The van der Waals surface area contributed by atoms with Crippen molar-refractivity contribution in [3.63, 3.8) is 0 Å². The maximum atomic E-state index is 10.5. The first-order chi connectivity index (χ1) is 9.70. The van der Waals surface area contributed by atoms with Crippen LogP contribution in [-0.2, 0) is 28.7 Å². The van der Waals surface area contributed by atoms with Gasteiger partial charge in [-0.1, -0.05) is 0 Å². The second kappa shape index (κ2) is 9.45. The van der Waals surface area contributed by atoms with Gasteiger partial charge in [-0.05, 0) is 6.42 Å². The third-order valence-electron chi connectivity index (χ3n) is 2.34. The summed E-state index contributed by atoms with van der Waals surface area (Å²) in [4.78, 5) is 50.8. The topological polar surface area (TPSA) is 155 Å². The van der Waals surface area contributed by atoms with E-state index in [1.54, 1.807) is 0 Å². The second-order valence-corrected chi connectivity index (χ2v) is 4.25. The number of hydrogen-bond acceptors (Lipinski definition) is 6. The summed E-state index contributed by atoms with van der Waals surface area (Å²) in [6.45, 7) is 0. The van der Waals surface area contributed by atoms with Crippen LogP contribution in [-0.4, -0.2) is 51.1 Å². The van der Waals surface area contributed by atoms with Crippen molar-refractivity contribution in [3.05, 3.63) is 0 Å². The molecule has 9 heteroatoms. The van der Waals surface area contributed by atoms with Gasteiger partial charge in [0.05, 0.1) is 12.8 Å². The standard InChI is InChI=1S/C6H8O5.C6H8O4/c7-4(3-6(10)11)1-2-5(8)9;7-5(8)3-4-1-2-6(9)10-4/h1-3H2,(H,8,9)(H,10,11);4H,1-3H2,(H,7,8). The molecule has 1 aliphatic rings. The highest BCUT2D eigenvalue weighted by atomic mass is 16.5. The van der Waals surface area contributed by atoms with E-state index in [4.69, 9.17) is 15.3 Å². The maximum Gasteiger partial charge on any atom is 0.310 e. The maximum absolute atomic E-state index is 10.5. The molecule has 0 radical (unpaired) electrons. The summed E-state index contributed by atoms with van der Waals surface area (Å²) in [6.07, 6.45) is -0.638. The minimum atomic E-state index is -1.22. The largest absolute Gasteiger partial charge is 0.481 e. The van der Waals surface area contributed by atoms with Crippen molar-refractivity contribution in [2.45, 2.75) is 44.6 Å². The fraction of sp³-hybridized carbons (Fsp3) is 0.583. The van der Waals surface area contributed by atoms with Crippen molar-refractivity contribution in [2.75, 3.05) is 0 Å². The average Bonchev–Trinajstić information content (AvgIpc) is 2.71. The van der Waals surface area contributed by atoms with Gasteiger partial charge in [-0.15, -0.1) is 0 Å². The summed E-state index contributed by atoms with van der Waals surface area (Å²) in [6, 6.07) is 0. The Morgan fingerprint density at radius 2 is 1.62 bits per heavy atom. The lowest BCUT2D eigenvalue weighted by atomic mass is 10.2. The Labute approximate surface area is 119 Å². The number of carbonyl (C=O) groups excluding carboxylic acids is 2. The molecule has 1 saturated heterocycles. The zero-order valence-corrected chi connectivity index (χ0v) is 11.1. The van der Waals surface area contributed by atoms with Crippen LogP contribution in [0.3, 0.4) is 0 Å². The van der Waals surface area contributed by atoms with Gasteiger partial charge in [0.15, 0.2) is 0 Å². The molecular formula is C12H16O9. The van der Waals surface area contributed by atoms with E-state index in [0.29, 0.717) is 12.8 Å². The van der Waals surface area contributed by atoms with E-state index in [-0.39, 0.29) is 31.3 Å². The van der Waals surface area contributed by atoms with Crippen LogP contribution in [0.25, 0.3) is 0 Å². The van der Waals surface area contributed by atoms with E-state index in [1.165, 1.54) is 0 Å². The SMILES string of the molecule is O=C(O)CC1CCC(=O)O1.O=C(O)CCC(=O)CC(=O)O. The second-order valence-electron chi connectivity index (χ2n) is 4.25. The van der Waals surface area contributed by atoms with Crippen LogP contribution in [0.5, 0.6) is 0 Å². The van der Waals surface area contributed by atoms with Crippen LogP contribution in [0.1, 0.15) is 38.5 Å². The number of ether oxygens (including phenoxy) is 1. The Kier molecular flexibility index (Phi) is 8.35. The van der Waals surface area contributed by atoms with Gasteiger partial charge >= 0.3 is 23.9 Å². The number of cyclic esters (lactones) is 1. The number of esters is 1. The molecule has 0 amide bonds. The molecule has 0 spiro atoms. The van der Waals surface area contributed by atoms with Crippen LogP contribution >= 0.6 is 0 Å². The van der Waals surface area contributed by atoms with Crippen LogP contribution in [0.4, 0.5) is 0 Å². The fourth-order valence-electron chi connectivity index (χ4n) is 1.42. The predicted octanol–water partition coefficient (Wildman–Crippen LogP) is 0.0617. The van der Waals surface area contributed by atoms with Crippen molar-refractivity contribution in [2.24, 2.45) is 0 Å². The average molecular weight is 304 g/mol. The van der Waals surface area contributed by atoms with Gasteiger partial charge in [-0.3, -0.25) is 24.0 Å². The fourth-order valence-corrected chi connectivity index (χ4v) is 1.42. The first-order valence-electron chi connectivity index (χ1n) is 6.07. The Morgan fingerprint density at radius 1 is 1.00 bits per heavy atom. The third kappa shape index (κ3) is 11.1. The summed E-state index contributed by atoms with van der Waals surface area (Å²) in [5.41, 5.74) is 0. The normalized spacial score (nSPS) is 16.4. The molecule has 1 atom stereocenters. The van der Waals surface area contributed by atoms with Crippen LogP contribution in [0.2, 0.25) is 0 Å². The molecule has 0 aromatic carbocycles. The number of Topliss-reactive ketones (excluding diaryl/α,β-unsaturated/α-hetero) is 1. The summed E-state index contributed by atoms with van der Waals surface area (Å²) in [5.74, 6) is -4.07. The number of ketones is 1. The molecule has 1 aliphatic heterocycles. The molecule has 3 N–H and O–H groups in total. The van der Waals surface area contributed by atoms with Crippen molar-refractivity contribution >= 4 is 29.7 Å². The van der Waals surface area contributed by atoms with E-state index in [0.717, 1.165) is 0 Å². The highest BCUT2D eigenvalue weighted by molar-refractivity contribution is 5.95. The van der Waals surface area contributed by atoms with Crippen LogP contribution in [0, 0.1) is 0 Å². The van der Waals surface area contributed by atoms with Gasteiger partial charge in [-0.25, -0.2) is 0 Å². The highest BCUT2D eigenvalue weighted by Crippen LogP contribution is 2.16. The van der Waals surface area contributed by atoms with E-state index in [1.807, 2.05) is 0 Å². The molecule has 1 heterocycles. The zero-order valence-electron chi connectivity index (χ0n) is 11.1. The molecule has 0 bridgehead atoms. The van der Waals surface area contributed by atoms with E-state index in [2.05, 4.69) is 4.74 Å². The monoisotopic (exact) mass is 304 g/mol. The predicted molar refractivity (Wildman–Crippen MR) is 65.5 cm³/mol. The quantitative estimate of drug-likeness (QED) is 0.437. The number of carbonyl (C=O) groups is 5. The highest BCUT2D eigenvalue weighted by Gasteiger charge is 2.24. The Morgan fingerprint density at radius 3 is 2.00 bits per heavy atom. The van der Waals surface area contributed by atoms with Gasteiger partial charge in [0.2, 0.25) is 0 Å². The first-order valence-corrected chi connectivity index (χ1v) is 6.07. The molecule has 1 unspecified atom stereocenters. The number of carboxylic acids is 3. The van der Waals surface area contributed by atoms with Gasteiger partial charge in [0.1, 0.15) is 18.3 Å². The molecule has 1 rings (SSSR count). The number of carboxylic acid groups (broad SMARTS) is 3. The summed E-state index contributed by atoms with van der Waals surface area (Å²) < 4.78 is 4.65. The number of hydrogen-bond donors (Lipinski definition) is 3. The minimum absolute atomic E-state index is 0.0638. The number of aliphatic carboxylic acids is 3. The lowest BCUT2D eigenvalue weighted by molar-refractivity contribution is -0.146. The van der Waals surface area contributed by atoms with Gasteiger partial charge in [-0.2, -0.15) is 0 Å². The van der Waals surface area contributed by atoms with Gasteiger partial charge in [0, 0.05) is 12.8 Å². The van der Waals surface area contributed by atoms with E-state index >= 15 is 0 Å². The lowest BCUT2D eigenvalue weighted by Crippen LogP contribution is -2.12. The molecule has 0 aliphatic carbocycles. The Hall–Kier alpha value is -2.45. The van der Waals surface area contributed by atoms with E-state index in [9.17, 15) is 24.0 Å². The van der Waals surface area contributed by atoms with Gasteiger partial charge in [0.25, 0.3) is 0 Å². The van der Waals surface area contributed by atoms with E-state index < -0.39 is 30.1 Å². The van der Waals surface area contributed by atoms with Crippen LogP contribution < -0.4 is 0 Å². The molecule has 0 saturated carbocycles. The zero-order chi connectivity index (χ0) is 16.4. The minimum Gasteiger partial charge on any atom is -0.481 e. The van der Waals surface area contributed by atoms with Crippen molar-refractivity contribution in [1.29, 1.82) is 0 Å². The third-order valence-corrected chi connectivity index (χ3v) is 2.34. The van der Waals surface area contributed by atoms with Crippen molar-refractivity contribution < 1.29 is 44.0 Å². The smallest absolute Gasteiger partial charge is 0.310 e. The molecule has 0 aromatic heterocycles. The molecule has 1 fully saturated rings. The molecule has 21 heavy (non-hydrogen) atoms. The molecule has 0 aromatic rings. The Balaban J connectivity index is 0.000000382. The molecule has 118 valence electrons.